The molecule has 0 atom stereocenters. The normalized spacial score (nSPS) is 15.1. The summed E-state index contributed by atoms with van der Waals surface area (Å²) in [6.45, 7) is 0.901. The van der Waals surface area contributed by atoms with Crippen molar-refractivity contribution in [2.24, 2.45) is 0 Å². The SMILES string of the molecule is c1ccc2c(c1)CC(NCCc1ncon1)C2. The van der Waals surface area contributed by atoms with Gasteiger partial charge in [-0.2, -0.15) is 4.98 Å². The maximum atomic E-state index is 4.70. The summed E-state index contributed by atoms with van der Waals surface area (Å²) in [7, 11) is 0. The van der Waals surface area contributed by atoms with Crippen molar-refractivity contribution in [2.45, 2.75) is 25.3 Å². The van der Waals surface area contributed by atoms with Crippen LogP contribution in [0.15, 0.2) is 35.2 Å². The zero-order chi connectivity index (χ0) is 11.5. The highest BCUT2D eigenvalue weighted by Gasteiger charge is 2.19. The number of hydrogen-bond donors (Lipinski definition) is 1. The molecule has 88 valence electrons. The Labute approximate surface area is 100 Å². The molecule has 2 aromatic rings. The van der Waals surface area contributed by atoms with Gasteiger partial charge < -0.3 is 9.84 Å². The summed E-state index contributed by atoms with van der Waals surface area (Å²) in [6.07, 6.45) is 4.45. The molecule has 3 rings (SSSR count). The molecule has 0 unspecified atom stereocenters. The van der Waals surface area contributed by atoms with E-state index in [0.717, 1.165) is 31.6 Å². The Morgan fingerprint density at radius 1 is 1.24 bits per heavy atom. The van der Waals surface area contributed by atoms with Crippen molar-refractivity contribution < 1.29 is 4.52 Å². The molecule has 0 bridgehead atoms. The first-order valence-corrected chi connectivity index (χ1v) is 5.97. The average Bonchev–Trinajstić information content (AvgIpc) is 2.96. The summed E-state index contributed by atoms with van der Waals surface area (Å²) in [5, 5.41) is 7.34. The molecule has 17 heavy (non-hydrogen) atoms. The van der Waals surface area contributed by atoms with Crippen LogP contribution in [0, 0.1) is 0 Å². The van der Waals surface area contributed by atoms with Gasteiger partial charge in [-0.15, -0.1) is 0 Å². The predicted octanol–water partition coefficient (Wildman–Crippen LogP) is 1.37. The lowest BCUT2D eigenvalue weighted by atomic mass is 10.1. The molecule has 0 fully saturated rings. The Hall–Kier alpha value is -1.68. The fraction of sp³-hybridized carbons (Fsp3) is 0.385. The molecule has 4 nitrogen and oxygen atoms in total. The maximum Gasteiger partial charge on any atom is 0.213 e. The third-order valence-electron chi connectivity index (χ3n) is 3.24. The van der Waals surface area contributed by atoms with Crippen LogP contribution in [0.5, 0.6) is 0 Å². The Morgan fingerprint density at radius 2 is 2.00 bits per heavy atom. The summed E-state index contributed by atoms with van der Waals surface area (Å²) in [4.78, 5) is 4.00. The topological polar surface area (TPSA) is 51.0 Å². The second-order valence-corrected chi connectivity index (χ2v) is 4.43. The van der Waals surface area contributed by atoms with Gasteiger partial charge in [0.05, 0.1) is 0 Å². The van der Waals surface area contributed by atoms with Crippen LogP contribution >= 0.6 is 0 Å². The van der Waals surface area contributed by atoms with Crippen molar-refractivity contribution in [3.63, 3.8) is 0 Å². The molecule has 1 aromatic heterocycles. The van der Waals surface area contributed by atoms with E-state index in [-0.39, 0.29) is 0 Å². The molecule has 1 aliphatic rings. The highest BCUT2D eigenvalue weighted by Crippen LogP contribution is 2.21. The number of rotatable bonds is 4. The Balaban J connectivity index is 1.49. The van der Waals surface area contributed by atoms with E-state index in [1.165, 1.54) is 17.5 Å². The molecule has 0 saturated heterocycles. The van der Waals surface area contributed by atoms with Gasteiger partial charge in [0.15, 0.2) is 5.82 Å². The first kappa shape index (κ1) is 10.5. The molecule has 0 radical (unpaired) electrons. The van der Waals surface area contributed by atoms with Gasteiger partial charge in [0, 0.05) is 19.0 Å². The van der Waals surface area contributed by atoms with E-state index in [2.05, 4.69) is 39.7 Å². The van der Waals surface area contributed by atoms with E-state index in [1.54, 1.807) is 0 Å². The molecule has 0 aliphatic heterocycles. The van der Waals surface area contributed by atoms with E-state index in [4.69, 9.17) is 4.52 Å². The molecule has 1 heterocycles. The Morgan fingerprint density at radius 3 is 2.65 bits per heavy atom. The van der Waals surface area contributed by atoms with Crippen LogP contribution < -0.4 is 5.32 Å². The zero-order valence-corrected chi connectivity index (χ0v) is 9.60. The van der Waals surface area contributed by atoms with Crippen molar-refractivity contribution in [3.8, 4) is 0 Å². The van der Waals surface area contributed by atoms with Gasteiger partial charge >= 0.3 is 0 Å². The standard InChI is InChI=1S/C13H15N3O/c1-2-4-11-8-12(7-10(11)3-1)14-6-5-13-15-9-17-16-13/h1-4,9,12,14H,5-8H2. The molecule has 4 heteroatoms. The molecular weight excluding hydrogens is 214 g/mol. The van der Waals surface area contributed by atoms with E-state index < -0.39 is 0 Å². The largest absolute Gasteiger partial charge is 0.343 e. The number of fused-ring (bicyclic) bond motifs is 1. The lowest BCUT2D eigenvalue weighted by molar-refractivity contribution is 0.408. The lowest BCUT2D eigenvalue weighted by Gasteiger charge is -2.10. The number of nitrogens with zero attached hydrogens (tertiary/aromatic N) is 2. The van der Waals surface area contributed by atoms with Crippen LogP contribution in [0.3, 0.4) is 0 Å². The minimum atomic E-state index is 0.555. The summed E-state index contributed by atoms with van der Waals surface area (Å²) in [5.41, 5.74) is 2.95. The number of benzene rings is 1. The Kier molecular flexibility index (Phi) is 2.88. The van der Waals surface area contributed by atoms with Crippen molar-refractivity contribution in [1.29, 1.82) is 0 Å². The first-order valence-electron chi connectivity index (χ1n) is 5.97. The van der Waals surface area contributed by atoms with Crippen LogP contribution in [0.25, 0.3) is 0 Å². The first-order chi connectivity index (χ1) is 8.42. The van der Waals surface area contributed by atoms with Crippen LogP contribution in [-0.4, -0.2) is 22.7 Å². The summed E-state index contributed by atoms with van der Waals surface area (Å²) < 4.78 is 4.70. The van der Waals surface area contributed by atoms with Crippen LogP contribution in [0.2, 0.25) is 0 Å². The second-order valence-electron chi connectivity index (χ2n) is 4.43. The molecule has 1 N–H and O–H groups in total. The van der Waals surface area contributed by atoms with Crippen molar-refractivity contribution >= 4 is 0 Å². The molecule has 0 amide bonds. The fourth-order valence-electron chi connectivity index (χ4n) is 2.39. The van der Waals surface area contributed by atoms with Gasteiger partial charge in [0.25, 0.3) is 0 Å². The maximum absolute atomic E-state index is 4.70. The number of aromatic nitrogens is 2. The van der Waals surface area contributed by atoms with Crippen molar-refractivity contribution in [3.05, 3.63) is 47.6 Å². The predicted molar refractivity (Wildman–Crippen MR) is 63.6 cm³/mol. The van der Waals surface area contributed by atoms with Gasteiger partial charge in [0.1, 0.15) is 0 Å². The third-order valence-corrected chi connectivity index (χ3v) is 3.24. The van der Waals surface area contributed by atoms with Gasteiger partial charge in [0.2, 0.25) is 6.39 Å². The zero-order valence-electron chi connectivity index (χ0n) is 9.60. The van der Waals surface area contributed by atoms with Crippen LogP contribution in [0.1, 0.15) is 17.0 Å². The van der Waals surface area contributed by atoms with Crippen LogP contribution in [0.4, 0.5) is 0 Å². The quantitative estimate of drug-likeness (QED) is 0.860. The molecule has 0 saturated carbocycles. The van der Waals surface area contributed by atoms with E-state index in [9.17, 15) is 0 Å². The molecular formula is C13H15N3O. The summed E-state index contributed by atoms with van der Waals surface area (Å²) >= 11 is 0. The van der Waals surface area contributed by atoms with Crippen molar-refractivity contribution in [1.82, 2.24) is 15.5 Å². The average molecular weight is 229 g/mol. The summed E-state index contributed by atoms with van der Waals surface area (Å²) in [6, 6.07) is 9.22. The molecule has 1 aromatic carbocycles. The van der Waals surface area contributed by atoms with Gasteiger partial charge in [-0.1, -0.05) is 29.4 Å². The number of hydrogen-bond acceptors (Lipinski definition) is 4. The van der Waals surface area contributed by atoms with E-state index in [0.29, 0.717) is 6.04 Å². The van der Waals surface area contributed by atoms with Gasteiger partial charge in [-0.05, 0) is 24.0 Å². The van der Waals surface area contributed by atoms with E-state index >= 15 is 0 Å². The minimum Gasteiger partial charge on any atom is -0.343 e. The highest BCUT2D eigenvalue weighted by molar-refractivity contribution is 5.33. The number of nitrogens with one attached hydrogen (secondary N) is 1. The summed E-state index contributed by atoms with van der Waals surface area (Å²) in [5.74, 6) is 0.771. The third kappa shape index (κ3) is 2.36. The fourth-order valence-corrected chi connectivity index (χ4v) is 2.39. The lowest BCUT2D eigenvalue weighted by Crippen LogP contribution is -2.31. The highest BCUT2D eigenvalue weighted by atomic mass is 16.5. The molecule has 1 aliphatic carbocycles. The van der Waals surface area contributed by atoms with Crippen molar-refractivity contribution in [2.75, 3.05) is 6.54 Å². The Bertz CT molecular complexity index is 456. The molecule has 0 spiro atoms. The monoisotopic (exact) mass is 229 g/mol. The van der Waals surface area contributed by atoms with Gasteiger partial charge in [-0.3, -0.25) is 0 Å². The van der Waals surface area contributed by atoms with E-state index in [1.807, 2.05) is 0 Å². The second kappa shape index (κ2) is 4.67. The van der Waals surface area contributed by atoms with Gasteiger partial charge in [-0.25, -0.2) is 0 Å². The minimum absolute atomic E-state index is 0.555. The smallest absolute Gasteiger partial charge is 0.213 e. The van der Waals surface area contributed by atoms with Crippen LogP contribution in [-0.2, 0) is 19.3 Å².